The summed E-state index contributed by atoms with van der Waals surface area (Å²) in [5, 5.41) is 6.03. The molecule has 2 aromatic heterocycles. The van der Waals surface area contributed by atoms with Gasteiger partial charge in [-0.3, -0.25) is 9.25 Å². The molecule has 0 amide bonds. The van der Waals surface area contributed by atoms with Gasteiger partial charge in [-0.25, -0.2) is 4.98 Å². The fourth-order valence-electron chi connectivity index (χ4n) is 3.22. The van der Waals surface area contributed by atoms with Gasteiger partial charge in [0.2, 0.25) is 0 Å². The van der Waals surface area contributed by atoms with E-state index in [1.807, 2.05) is 48.4 Å². The van der Waals surface area contributed by atoms with Crippen molar-refractivity contribution in [2.75, 3.05) is 0 Å². The second-order valence-electron chi connectivity index (χ2n) is 6.74. The molecular formula is C22H21ClN4S. The molecule has 4 rings (SSSR count). The van der Waals surface area contributed by atoms with Crippen LogP contribution < -0.4 is 0 Å². The Morgan fingerprint density at radius 3 is 2.39 bits per heavy atom. The number of nitrogens with zero attached hydrogens (tertiary/aromatic N) is 4. The molecule has 0 spiro atoms. The van der Waals surface area contributed by atoms with Gasteiger partial charge in [-0.05, 0) is 43.2 Å². The van der Waals surface area contributed by atoms with Crippen LogP contribution in [0.15, 0.2) is 66.1 Å². The molecule has 0 atom stereocenters. The van der Waals surface area contributed by atoms with Gasteiger partial charge in [-0.15, -0.1) is 0 Å². The van der Waals surface area contributed by atoms with Gasteiger partial charge in [0.05, 0.1) is 29.5 Å². The number of thioether (sulfide) groups is 1. The number of para-hydroxylation sites is 1. The zero-order valence-corrected chi connectivity index (χ0v) is 17.6. The topological polar surface area (TPSA) is 35.6 Å². The van der Waals surface area contributed by atoms with Crippen molar-refractivity contribution in [3.05, 3.63) is 82.8 Å². The molecular weight excluding hydrogens is 388 g/mol. The van der Waals surface area contributed by atoms with E-state index in [9.17, 15) is 0 Å². The highest BCUT2D eigenvalue weighted by molar-refractivity contribution is 7.98. The summed E-state index contributed by atoms with van der Waals surface area (Å²) in [4.78, 5) is 4.75. The molecule has 6 heteroatoms. The molecule has 0 radical (unpaired) electrons. The van der Waals surface area contributed by atoms with Crippen LogP contribution in [0.4, 0.5) is 0 Å². The Kier molecular flexibility index (Phi) is 5.29. The third-order valence-electron chi connectivity index (χ3n) is 4.83. The van der Waals surface area contributed by atoms with E-state index in [2.05, 4.69) is 47.8 Å². The van der Waals surface area contributed by atoms with Crippen molar-refractivity contribution in [1.82, 2.24) is 19.3 Å². The molecule has 2 aromatic carbocycles. The van der Waals surface area contributed by atoms with Crippen LogP contribution in [-0.2, 0) is 12.8 Å². The number of aromatic nitrogens is 4. The van der Waals surface area contributed by atoms with E-state index < -0.39 is 0 Å². The summed E-state index contributed by atoms with van der Waals surface area (Å²) in [6.45, 7) is 4.22. The molecule has 28 heavy (non-hydrogen) atoms. The maximum atomic E-state index is 6.09. The predicted molar refractivity (Wildman–Crippen MR) is 116 cm³/mol. The molecule has 0 saturated heterocycles. The van der Waals surface area contributed by atoms with Crippen molar-refractivity contribution >= 4 is 23.4 Å². The Hall–Kier alpha value is -2.50. The summed E-state index contributed by atoms with van der Waals surface area (Å²) in [7, 11) is 1.98. The molecule has 0 fully saturated rings. The van der Waals surface area contributed by atoms with Crippen molar-refractivity contribution < 1.29 is 0 Å². The van der Waals surface area contributed by atoms with Crippen LogP contribution in [0.1, 0.15) is 16.8 Å². The first-order valence-electron chi connectivity index (χ1n) is 9.04. The normalized spacial score (nSPS) is 11.1. The highest BCUT2D eigenvalue weighted by atomic mass is 35.5. The molecule has 0 aliphatic carbocycles. The van der Waals surface area contributed by atoms with Crippen molar-refractivity contribution in [2.24, 2.45) is 7.05 Å². The lowest BCUT2D eigenvalue weighted by Gasteiger charge is -2.14. The summed E-state index contributed by atoms with van der Waals surface area (Å²) in [5.41, 5.74) is 6.88. The summed E-state index contributed by atoms with van der Waals surface area (Å²) < 4.78 is 4.17. The Morgan fingerprint density at radius 1 is 0.964 bits per heavy atom. The van der Waals surface area contributed by atoms with E-state index in [-0.39, 0.29) is 0 Å². The minimum Gasteiger partial charge on any atom is -0.287 e. The van der Waals surface area contributed by atoms with Crippen LogP contribution in [0.25, 0.3) is 16.9 Å². The van der Waals surface area contributed by atoms with Crippen LogP contribution in [0.5, 0.6) is 0 Å². The lowest BCUT2D eigenvalue weighted by Crippen LogP contribution is -2.03. The van der Waals surface area contributed by atoms with Crippen LogP contribution in [0.2, 0.25) is 5.02 Å². The molecule has 4 aromatic rings. The van der Waals surface area contributed by atoms with E-state index in [1.54, 1.807) is 11.8 Å². The zero-order valence-electron chi connectivity index (χ0n) is 16.1. The Labute approximate surface area is 174 Å². The summed E-state index contributed by atoms with van der Waals surface area (Å²) in [6.07, 6.45) is 3.84. The Morgan fingerprint density at radius 2 is 1.71 bits per heavy atom. The quantitative estimate of drug-likeness (QED) is 0.389. The predicted octanol–water partition coefficient (Wildman–Crippen LogP) is 5.84. The fourth-order valence-corrected chi connectivity index (χ4v) is 4.48. The van der Waals surface area contributed by atoms with Crippen LogP contribution in [0.3, 0.4) is 0 Å². The lowest BCUT2D eigenvalue weighted by molar-refractivity contribution is 0.734. The number of rotatable bonds is 5. The standard InChI is InChI=1S/C22H21ClN4S/c1-15-6-4-5-7-19(15)27-20(17-8-10-18(23)11-9-17)13-24-22(27)28-14-21-16(2)12-25-26(21)3/h4-13H,14H2,1-3H3. The Bertz CT molecular complexity index is 1090. The van der Waals surface area contributed by atoms with E-state index in [4.69, 9.17) is 16.6 Å². The molecule has 142 valence electrons. The van der Waals surface area contributed by atoms with Gasteiger partial charge in [0.15, 0.2) is 5.16 Å². The summed E-state index contributed by atoms with van der Waals surface area (Å²) >= 11 is 7.81. The Balaban J connectivity index is 1.78. The SMILES string of the molecule is Cc1ccccc1-n1c(-c2ccc(Cl)cc2)cnc1SCc1c(C)cnn1C. The van der Waals surface area contributed by atoms with Crippen LogP contribution >= 0.6 is 23.4 Å². The monoisotopic (exact) mass is 408 g/mol. The first kappa shape index (κ1) is 18.8. The number of hydrogen-bond acceptors (Lipinski definition) is 3. The van der Waals surface area contributed by atoms with Crippen LogP contribution in [-0.4, -0.2) is 19.3 Å². The molecule has 0 N–H and O–H groups in total. The largest absolute Gasteiger partial charge is 0.287 e. The first-order chi connectivity index (χ1) is 13.5. The van der Waals surface area contributed by atoms with Crippen molar-refractivity contribution in [2.45, 2.75) is 24.8 Å². The van der Waals surface area contributed by atoms with Crippen molar-refractivity contribution in [3.8, 4) is 16.9 Å². The maximum absolute atomic E-state index is 6.09. The van der Waals surface area contributed by atoms with E-state index in [0.717, 1.165) is 32.9 Å². The van der Waals surface area contributed by atoms with Gasteiger partial charge in [0.25, 0.3) is 0 Å². The average molecular weight is 409 g/mol. The lowest BCUT2D eigenvalue weighted by atomic mass is 10.1. The smallest absolute Gasteiger partial charge is 0.173 e. The van der Waals surface area contributed by atoms with Gasteiger partial charge in [-0.2, -0.15) is 5.10 Å². The number of imidazole rings is 1. The maximum Gasteiger partial charge on any atom is 0.173 e. The zero-order chi connectivity index (χ0) is 19.7. The molecule has 0 aliphatic heterocycles. The van der Waals surface area contributed by atoms with Gasteiger partial charge in [0, 0.05) is 23.4 Å². The van der Waals surface area contributed by atoms with Gasteiger partial charge >= 0.3 is 0 Å². The molecule has 2 heterocycles. The van der Waals surface area contributed by atoms with E-state index in [0.29, 0.717) is 0 Å². The van der Waals surface area contributed by atoms with Crippen LogP contribution in [0, 0.1) is 13.8 Å². The minimum atomic E-state index is 0.729. The average Bonchev–Trinajstić information content (AvgIpc) is 3.24. The minimum absolute atomic E-state index is 0.729. The van der Waals surface area contributed by atoms with Gasteiger partial charge < -0.3 is 0 Å². The fraction of sp³-hybridized carbons (Fsp3) is 0.182. The summed E-state index contributed by atoms with van der Waals surface area (Å²) in [5.74, 6) is 0.811. The third-order valence-corrected chi connectivity index (χ3v) is 6.05. The van der Waals surface area contributed by atoms with Gasteiger partial charge in [-0.1, -0.05) is 53.7 Å². The summed E-state index contributed by atoms with van der Waals surface area (Å²) in [6, 6.07) is 16.3. The number of aryl methyl sites for hydroxylation is 3. The second kappa shape index (κ2) is 7.86. The van der Waals surface area contributed by atoms with E-state index >= 15 is 0 Å². The van der Waals surface area contributed by atoms with Gasteiger partial charge in [0.1, 0.15) is 0 Å². The second-order valence-corrected chi connectivity index (χ2v) is 8.12. The van der Waals surface area contributed by atoms with Crippen molar-refractivity contribution in [3.63, 3.8) is 0 Å². The highest BCUT2D eigenvalue weighted by Crippen LogP contribution is 2.33. The van der Waals surface area contributed by atoms with Crippen molar-refractivity contribution in [1.29, 1.82) is 0 Å². The molecule has 0 unspecified atom stereocenters. The molecule has 0 aliphatic rings. The number of hydrogen-bond donors (Lipinski definition) is 0. The molecule has 4 nitrogen and oxygen atoms in total. The molecule has 0 saturated carbocycles. The highest BCUT2D eigenvalue weighted by Gasteiger charge is 2.16. The third kappa shape index (κ3) is 3.60. The number of benzene rings is 2. The molecule has 0 bridgehead atoms. The number of halogens is 1. The van der Waals surface area contributed by atoms with E-state index in [1.165, 1.54) is 16.8 Å². The first-order valence-corrected chi connectivity index (χ1v) is 10.4.